The Bertz CT molecular complexity index is 341. The molecule has 1 fully saturated rings. The Hall–Kier alpha value is -1.09. The standard InChI is InChI=1S/C13H21N3/c1-10-5-8-16(9-6-10)13-12(11(2)14)4-3-7-15-13/h3-4,7,10-11H,5-6,8-9,14H2,1-2H3/t11-/m1/s1. The highest BCUT2D eigenvalue weighted by molar-refractivity contribution is 5.48. The number of hydrogen-bond donors (Lipinski definition) is 1. The number of hydrogen-bond acceptors (Lipinski definition) is 3. The second-order valence-corrected chi connectivity index (χ2v) is 4.87. The van der Waals surface area contributed by atoms with Crippen molar-refractivity contribution in [3.8, 4) is 0 Å². The molecular formula is C13H21N3. The molecule has 1 saturated heterocycles. The van der Waals surface area contributed by atoms with Gasteiger partial charge in [-0.2, -0.15) is 0 Å². The molecule has 2 heterocycles. The first-order chi connectivity index (χ1) is 7.68. The van der Waals surface area contributed by atoms with Gasteiger partial charge in [-0.1, -0.05) is 13.0 Å². The monoisotopic (exact) mass is 219 g/mol. The van der Waals surface area contributed by atoms with Crippen LogP contribution < -0.4 is 10.6 Å². The predicted molar refractivity (Wildman–Crippen MR) is 67.5 cm³/mol. The predicted octanol–water partition coefficient (Wildman–Crippen LogP) is 2.34. The van der Waals surface area contributed by atoms with Crippen molar-refractivity contribution in [2.45, 2.75) is 32.7 Å². The molecular weight excluding hydrogens is 198 g/mol. The van der Waals surface area contributed by atoms with Crippen LogP contribution in [0.4, 0.5) is 5.82 Å². The summed E-state index contributed by atoms with van der Waals surface area (Å²) in [6.45, 7) is 6.56. The van der Waals surface area contributed by atoms with E-state index in [4.69, 9.17) is 5.73 Å². The van der Waals surface area contributed by atoms with Crippen LogP contribution in [0.25, 0.3) is 0 Å². The Morgan fingerprint density at radius 2 is 2.12 bits per heavy atom. The van der Waals surface area contributed by atoms with Gasteiger partial charge >= 0.3 is 0 Å². The number of aromatic nitrogens is 1. The van der Waals surface area contributed by atoms with Crippen molar-refractivity contribution >= 4 is 5.82 Å². The van der Waals surface area contributed by atoms with Gasteiger partial charge in [0.05, 0.1) is 0 Å². The minimum absolute atomic E-state index is 0.0584. The SMILES string of the molecule is CC1CCN(c2ncccc2[C@@H](C)N)CC1. The van der Waals surface area contributed by atoms with E-state index in [1.165, 1.54) is 12.8 Å². The molecule has 16 heavy (non-hydrogen) atoms. The highest BCUT2D eigenvalue weighted by Gasteiger charge is 2.19. The van der Waals surface area contributed by atoms with Gasteiger partial charge in [-0.05, 0) is 31.7 Å². The maximum atomic E-state index is 5.98. The molecule has 0 bridgehead atoms. The molecule has 1 aliphatic heterocycles. The summed E-state index contributed by atoms with van der Waals surface area (Å²) in [5.74, 6) is 1.93. The third-order valence-electron chi connectivity index (χ3n) is 3.39. The fraction of sp³-hybridized carbons (Fsp3) is 0.615. The van der Waals surface area contributed by atoms with E-state index in [1.807, 2.05) is 19.2 Å². The number of nitrogens with zero attached hydrogens (tertiary/aromatic N) is 2. The smallest absolute Gasteiger partial charge is 0.133 e. The quantitative estimate of drug-likeness (QED) is 0.830. The van der Waals surface area contributed by atoms with E-state index in [-0.39, 0.29) is 6.04 Å². The molecule has 1 atom stereocenters. The fourth-order valence-corrected chi connectivity index (χ4v) is 2.25. The molecule has 3 nitrogen and oxygen atoms in total. The summed E-state index contributed by atoms with van der Waals surface area (Å²) in [5.41, 5.74) is 7.15. The largest absolute Gasteiger partial charge is 0.356 e. The highest BCUT2D eigenvalue weighted by Crippen LogP contribution is 2.26. The fourth-order valence-electron chi connectivity index (χ4n) is 2.25. The molecule has 0 amide bonds. The topological polar surface area (TPSA) is 42.2 Å². The highest BCUT2D eigenvalue weighted by atomic mass is 15.2. The molecule has 0 saturated carbocycles. The summed E-state index contributed by atoms with van der Waals surface area (Å²) < 4.78 is 0. The molecule has 0 aliphatic carbocycles. The van der Waals surface area contributed by atoms with Crippen LogP contribution in [-0.4, -0.2) is 18.1 Å². The second-order valence-electron chi connectivity index (χ2n) is 4.87. The van der Waals surface area contributed by atoms with Gasteiger partial charge in [0.15, 0.2) is 0 Å². The van der Waals surface area contributed by atoms with Crippen molar-refractivity contribution < 1.29 is 0 Å². The molecule has 88 valence electrons. The lowest BCUT2D eigenvalue weighted by atomic mass is 9.98. The molecule has 0 aromatic carbocycles. The van der Waals surface area contributed by atoms with Crippen LogP contribution in [-0.2, 0) is 0 Å². The van der Waals surface area contributed by atoms with Crippen molar-refractivity contribution in [1.82, 2.24) is 4.98 Å². The average Bonchev–Trinajstić information content (AvgIpc) is 2.30. The van der Waals surface area contributed by atoms with E-state index >= 15 is 0 Å². The van der Waals surface area contributed by atoms with E-state index in [9.17, 15) is 0 Å². The summed E-state index contributed by atoms with van der Waals surface area (Å²) in [4.78, 5) is 6.87. The Morgan fingerprint density at radius 3 is 2.75 bits per heavy atom. The molecule has 1 aromatic rings. The zero-order valence-electron chi connectivity index (χ0n) is 10.2. The summed E-state index contributed by atoms with van der Waals surface area (Å²) in [6.07, 6.45) is 4.38. The minimum atomic E-state index is 0.0584. The minimum Gasteiger partial charge on any atom is -0.356 e. The first-order valence-electron chi connectivity index (χ1n) is 6.14. The van der Waals surface area contributed by atoms with Crippen LogP contribution in [0.2, 0.25) is 0 Å². The Morgan fingerprint density at radius 1 is 1.44 bits per heavy atom. The summed E-state index contributed by atoms with van der Waals surface area (Å²) in [6, 6.07) is 4.11. The molecule has 0 spiro atoms. The first kappa shape index (κ1) is 11.4. The number of rotatable bonds is 2. The van der Waals surface area contributed by atoms with Crippen molar-refractivity contribution in [2.24, 2.45) is 11.7 Å². The molecule has 3 heteroatoms. The van der Waals surface area contributed by atoms with E-state index in [2.05, 4.69) is 22.9 Å². The summed E-state index contributed by atoms with van der Waals surface area (Å²) in [5, 5.41) is 0. The van der Waals surface area contributed by atoms with Gasteiger partial charge in [-0.3, -0.25) is 0 Å². The molecule has 1 aromatic heterocycles. The van der Waals surface area contributed by atoms with E-state index in [1.54, 1.807) is 0 Å². The maximum absolute atomic E-state index is 5.98. The van der Waals surface area contributed by atoms with Crippen LogP contribution in [0.15, 0.2) is 18.3 Å². The van der Waals surface area contributed by atoms with Crippen molar-refractivity contribution in [3.05, 3.63) is 23.9 Å². The average molecular weight is 219 g/mol. The molecule has 2 rings (SSSR count). The summed E-state index contributed by atoms with van der Waals surface area (Å²) >= 11 is 0. The lowest BCUT2D eigenvalue weighted by molar-refractivity contribution is 0.435. The molecule has 0 radical (unpaired) electrons. The lowest BCUT2D eigenvalue weighted by Crippen LogP contribution is -2.34. The van der Waals surface area contributed by atoms with Crippen LogP contribution >= 0.6 is 0 Å². The zero-order valence-corrected chi connectivity index (χ0v) is 10.2. The normalized spacial score (nSPS) is 19.8. The van der Waals surface area contributed by atoms with Crippen LogP contribution in [0, 0.1) is 5.92 Å². The Kier molecular flexibility index (Phi) is 3.44. The van der Waals surface area contributed by atoms with Gasteiger partial charge in [-0.15, -0.1) is 0 Å². The Balaban J connectivity index is 2.19. The zero-order chi connectivity index (χ0) is 11.5. The summed E-state index contributed by atoms with van der Waals surface area (Å²) in [7, 11) is 0. The van der Waals surface area contributed by atoms with E-state index in [0.717, 1.165) is 30.4 Å². The maximum Gasteiger partial charge on any atom is 0.133 e. The van der Waals surface area contributed by atoms with Gasteiger partial charge in [0.2, 0.25) is 0 Å². The van der Waals surface area contributed by atoms with Crippen LogP contribution in [0.5, 0.6) is 0 Å². The third-order valence-corrected chi connectivity index (χ3v) is 3.39. The van der Waals surface area contributed by atoms with Gasteiger partial charge in [0, 0.05) is 30.9 Å². The van der Waals surface area contributed by atoms with E-state index < -0.39 is 0 Å². The molecule has 1 aliphatic rings. The van der Waals surface area contributed by atoms with Gasteiger partial charge in [0.25, 0.3) is 0 Å². The van der Waals surface area contributed by atoms with Gasteiger partial charge in [0.1, 0.15) is 5.82 Å². The van der Waals surface area contributed by atoms with Crippen molar-refractivity contribution in [2.75, 3.05) is 18.0 Å². The number of pyridine rings is 1. The van der Waals surface area contributed by atoms with Crippen LogP contribution in [0.3, 0.4) is 0 Å². The number of anilines is 1. The number of piperidine rings is 1. The van der Waals surface area contributed by atoms with E-state index in [0.29, 0.717) is 0 Å². The first-order valence-corrected chi connectivity index (χ1v) is 6.14. The molecule has 2 N–H and O–H groups in total. The molecule has 0 unspecified atom stereocenters. The Labute approximate surface area is 97.7 Å². The van der Waals surface area contributed by atoms with Gasteiger partial charge in [-0.25, -0.2) is 4.98 Å². The second kappa shape index (κ2) is 4.83. The van der Waals surface area contributed by atoms with Crippen molar-refractivity contribution in [1.29, 1.82) is 0 Å². The number of nitrogens with two attached hydrogens (primary N) is 1. The van der Waals surface area contributed by atoms with Crippen molar-refractivity contribution in [3.63, 3.8) is 0 Å². The van der Waals surface area contributed by atoms with Crippen LogP contribution in [0.1, 0.15) is 38.3 Å². The lowest BCUT2D eigenvalue weighted by Gasteiger charge is -2.32. The van der Waals surface area contributed by atoms with Gasteiger partial charge < -0.3 is 10.6 Å². The third kappa shape index (κ3) is 2.35.